The zero-order valence-corrected chi connectivity index (χ0v) is 13.0. The number of rotatable bonds is 7. The first-order valence-corrected chi connectivity index (χ1v) is 7.30. The summed E-state index contributed by atoms with van der Waals surface area (Å²) in [6, 6.07) is 4.87. The first-order chi connectivity index (χ1) is 11.1. The highest BCUT2D eigenvalue weighted by Crippen LogP contribution is 2.10. The standard InChI is InChI=1S/C15H19N3O5/c1-3-22-11(23-4-2)9-16-13(19)12-14(20)17-10-7-5-6-8-18(10)15(12)21/h5-8,11,20H,3-4,9H2,1-2H3,(H,16,19). The highest BCUT2D eigenvalue weighted by atomic mass is 16.7. The van der Waals surface area contributed by atoms with Crippen molar-refractivity contribution in [2.45, 2.75) is 20.1 Å². The fourth-order valence-corrected chi connectivity index (χ4v) is 2.08. The molecule has 0 saturated heterocycles. The molecule has 0 aliphatic heterocycles. The Balaban J connectivity index is 2.22. The normalized spacial score (nSPS) is 11.1. The Morgan fingerprint density at radius 2 is 2.04 bits per heavy atom. The number of nitrogens with zero attached hydrogens (tertiary/aromatic N) is 2. The van der Waals surface area contributed by atoms with Crippen molar-refractivity contribution in [1.29, 1.82) is 0 Å². The van der Waals surface area contributed by atoms with E-state index in [0.717, 1.165) is 0 Å². The van der Waals surface area contributed by atoms with Gasteiger partial charge in [0, 0.05) is 19.4 Å². The number of aromatic nitrogens is 2. The second kappa shape index (κ2) is 7.70. The summed E-state index contributed by atoms with van der Waals surface area (Å²) in [6.45, 7) is 4.51. The predicted octanol–water partition coefficient (Wildman–Crippen LogP) is 0.529. The monoisotopic (exact) mass is 321 g/mol. The van der Waals surface area contributed by atoms with Gasteiger partial charge in [0.05, 0.1) is 6.54 Å². The van der Waals surface area contributed by atoms with Crippen molar-refractivity contribution in [3.8, 4) is 5.88 Å². The highest BCUT2D eigenvalue weighted by molar-refractivity contribution is 5.96. The third kappa shape index (κ3) is 3.85. The molecule has 124 valence electrons. The van der Waals surface area contributed by atoms with E-state index in [1.54, 1.807) is 32.0 Å². The van der Waals surface area contributed by atoms with Gasteiger partial charge in [-0.3, -0.25) is 14.0 Å². The molecule has 8 nitrogen and oxygen atoms in total. The third-order valence-electron chi connectivity index (χ3n) is 3.08. The summed E-state index contributed by atoms with van der Waals surface area (Å²) in [6.07, 6.45) is 0.858. The number of ether oxygens (including phenoxy) is 2. The molecule has 0 unspecified atom stereocenters. The molecule has 0 radical (unpaired) electrons. The quantitative estimate of drug-likeness (QED) is 0.721. The van der Waals surface area contributed by atoms with Crippen LogP contribution >= 0.6 is 0 Å². The van der Waals surface area contributed by atoms with Crippen LogP contribution in [-0.2, 0) is 9.47 Å². The second-order valence-corrected chi connectivity index (χ2v) is 4.59. The van der Waals surface area contributed by atoms with Gasteiger partial charge in [0.1, 0.15) is 5.65 Å². The van der Waals surface area contributed by atoms with Crippen molar-refractivity contribution < 1.29 is 19.4 Å². The van der Waals surface area contributed by atoms with Crippen LogP contribution in [0.5, 0.6) is 5.88 Å². The van der Waals surface area contributed by atoms with Gasteiger partial charge in [-0.1, -0.05) is 6.07 Å². The van der Waals surface area contributed by atoms with Gasteiger partial charge in [0.2, 0.25) is 5.88 Å². The average molecular weight is 321 g/mol. The smallest absolute Gasteiger partial charge is 0.274 e. The lowest BCUT2D eigenvalue weighted by atomic mass is 10.3. The zero-order valence-electron chi connectivity index (χ0n) is 13.0. The lowest BCUT2D eigenvalue weighted by Gasteiger charge is -2.17. The number of pyridine rings is 1. The average Bonchev–Trinajstić information content (AvgIpc) is 2.53. The van der Waals surface area contributed by atoms with Crippen molar-refractivity contribution in [2.75, 3.05) is 19.8 Å². The Morgan fingerprint density at radius 3 is 2.70 bits per heavy atom. The van der Waals surface area contributed by atoms with E-state index < -0.39 is 29.2 Å². The summed E-state index contributed by atoms with van der Waals surface area (Å²) >= 11 is 0. The van der Waals surface area contributed by atoms with Gasteiger partial charge in [0.15, 0.2) is 11.9 Å². The third-order valence-corrected chi connectivity index (χ3v) is 3.08. The van der Waals surface area contributed by atoms with E-state index in [2.05, 4.69) is 10.3 Å². The first kappa shape index (κ1) is 16.9. The van der Waals surface area contributed by atoms with E-state index in [1.165, 1.54) is 10.6 Å². The number of amides is 1. The van der Waals surface area contributed by atoms with Crippen LogP contribution in [0.1, 0.15) is 24.2 Å². The fraction of sp³-hybridized carbons (Fsp3) is 0.400. The van der Waals surface area contributed by atoms with Gasteiger partial charge in [0.25, 0.3) is 11.5 Å². The predicted molar refractivity (Wildman–Crippen MR) is 82.5 cm³/mol. The molecule has 2 N–H and O–H groups in total. The highest BCUT2D eigenvalue weighted by Gasteiger charge is 2.20. The SMILES string of the molecule is CCOC(CNC(=O)c1c(O)nc2ccccn2c1=O)OCC. The van der Waals surface area contributed by atoms with Crippen LogP contribution in [-0.4, -0.2) is 46.4 Å². The van der Waals surface area contributed by atoms with Gasteiger partial charge in [-0.25, -0.2) is 0 Å². The molecule has 23 heavy (non-hydrogen) atoms. The molecule has 8 heteroatoms. The lowest BCUT2D eigenvalue weighted by Crippen LogP contribution is -2.38. The van der Waals surface area contributed by atoms with E-state index in [1.807, 2.05) is 0 Å². The molecule has 1 amide bonds. The fourth-order valence-electron chi connectivity index (χ4n) is 2.08. The lowest BCUT2D eigenvalue weighted by molar-refractivity contribution is -0.131. The number of hydrogen-bond donors (Lipinski definition) is 2. The number of hydrogen-bond acceptors (Lipinski definition) is 6. The first-order valence-electron chi connectivity index (χ1n) is 7.30. The minimum Gasteiger partial charge on any atom is -0.493 e. The second-order valence-electron chi connectivity index (χ2n) is 4.59. The van der Waals surface area contributed by atoms with E-state index >= 15 is 0 Å². The van der Waals surface area contributed by atoms with E-state index in [0.29, 0.717) is 13.2 Å². The number of carbonyl (C=O) groups excluding carboxylic acids is 1. The van der Waals surface area contributed by atoms with Gasteiger partial charge < -0.3 is 19.9 Å². The minimum absolute atomic E-state index is 0.0525. The molecule has 0 aromatic carbocycles. The summed E-state index contributed by atoms with van der Waals surface area (Å²) in [5.41, 5.74) is -0.802. The number of aromatic hydroxyl groups is 1. The van der Waals surface area contributed by atoms with Crippen LogP contribution in [0.3, 0.4) is 0 Å². The van der Waals surface area contributed by atoms with Crippen molar-refractivity contribution in [3.05, 3.63) is 40.3 Å². The number of carbonyl (C=O) groups is 1. The molecule has 0 spiro atoms. The van der Waals surface area contributed by atoms with Crippen LogP contribution in [0.25, 0.3) is 5.65 Å². The summed E-state index contributed by atoms with van der Waals surface area (Å²) in [5, 5.41) is 12.4. The van der Waals surface area contributed by atoms with Crippen LogP contribution in [0, 0.1) is 0 Å². The van der Waals surface area contributed by atoms with Crippen molar-refractivity contribution >= 4 is 11.6 Å². The number of nitrogens with one attached hydrogen (secondary N) is 1. The molecular weight excluding hydrogens is 302 g/mol. The maximum atomic E-state index is 12.3. The van der Waals surface area contributed by atoms with E-state index in [9.17, 15) is 14.7 Å². The van der Waals surface area contributed by atoms with Crippen molar-refractivity contribution in [2.24, 2.45) is 0 Å². The molecular formula is C15H19N3O5. The Labute approximate surface area is 132 Å². The minimum atomic E-state index is -0.734. The summed E-state index contributed by atoms with van der Waals surface area (Å²) in [7, 11) is 0. The molecule has 0 aliphatic rings. The van der Waals surface area contributed by atoms with Crippen LogP contribution in [0.4, 0.5) is 0 Å². The Hall–Kier alpha value is -2.45. The van der Waals surface area contributed by atoms with Crippen LogP contribution in [0.15, 0.2) is 29.2 Å². The van der Waals surface area contributed by atoms with Crippen LogP contribution in [0.2, 0.25) is 0 Å². The van der Waals surface area contributed by atoms with E-state index in [4.69, 9.17) is 9.47 Å². The van der Waals surface area contributed by atoms with Crippen molar-refractivity contribution in [3.63, 3.8) is 0 Å². The Kier molecular flexibility index (Phi) is 5.67. The Bertz CT molecular complexity index is 737. The van der Waals surface area contributed by atoms with Gasteiger partial charge in [-0.05, 0) is 26.0 Å². The summed E-state index contributed by atoms with van der Waals surface area (Å²) < 4.78 is 11.8. The maximum absolute atomic E-state index is 12.3. The molecule has 0 atom stereocenters. The van der Waals surface area contributed by atoms with Crippen LogP contribution < -0.4 is 10.9 Å². The molecule has 0 fully saturated rings. The van der Waals surface area contributed by atoms with Gasteiger partial charge in [-0.15, -0.1) is 0 Å². The molecule has 2 rings (SSSR count). The zero-order chi connectivity index (χ0) is 16.8. The molecule has 2 aromatic heterocycles. The molecule has 0 aliphatic carbocycles. The van der Waals surface area contributed by atoms with Gasteiger partial charge in [-0.2, -0.15) is 4.98 Å². The van der Waals surface area contributed by atoms with Crippen molar-refractivity contribution in [1.82, 2.24) is 14.7 Å². The summed E-state index contributed by atoms with van der Waals surface area (Å²) in [5.74, 6) is -1.34. The summed E-state index contributed by atoms with van der Waals surface area (Å²) in [4.78, 5) is 28.4. The topological polar surface area (TPSA) is 102 Å². The number of fused-ring (bicyclic) bond motifs is 1. The molecule has 0 bridgehead atoms. The molecule has 0 saturated carbocycles. The molecule has 2 aromatic rings. The largest absolute Gasteiger partial charge is 0.493 e. The van der Waals surface area contributed by atoms with Gasteiger partial charge >= 0.3 is 0 Å². The van der Waals surface area contributed by atoms with E-state index in [-0.39, 0.29) is 12.2 Å². The molecule has 2 heterocycles. The Morgan fingerprint density at radius 1 is 1.35 bits per heavy atom. The maximum Gasteiger partial charge on any atom is 0.274 e.